The van der Waals surface area contributed by atoms with Gasteiger partial charge in [0, 0.05) is 24.4 Å². The monoisotopic (exact) mass is 363 g/mol. The van der Waals surface area contributed by atoms with E-state index in [9.17, 15) is 9.59 Å². The highest BCUT2D eigenvalue weighted by Gasteiger charge is 2.16. The van der Waals surface area contributed by atoms with Gasteiger partial charge in [-0.05, 0) is 36.4 Å². The van der Waals surface area contributed by atoms with Crippen LogP contribution in [0.1, 0.15) is 0 Å². The van der Waals surface area contributed by atoms with E-state index >= 15 is 0 Å². The molecule has 1 aliphatic rings. The van der Waals surface area contributed by atoms with Gasteiger partial charge in [0.25, 0.3) is 5.56 Å². The summed E-state index contributed by atoms with van der Waals surface area (Å²) in [5, 5.41) is 4.34. The van der Waals surface area contributed by atoms with Crippen LogP contribution in [-0.2, 0) is 11.3 Å². The van der Waals surface area contributed by atoms with Crippen LogP contribution in [-0.4, -0.2) is 29.5 Å². The minimum atomic E-state index is -0.339. The third-order valence-corrected chi connectivity index (χ3v) is 4.34. The van der Waals surface area contributed by atoms with Crippen molar-refractivity contribution in [2.45, 2.75) is 6.54 Å². The zero-order chi connectivity index (χ0) is 18.8. The summed E-state index contributed by atoms with van der Waals surface area (Å²) in [5.74, 6) is 1.07. The van der Waals surface area contributed by atoms with Crippen LogP contribution in [0.2, 0.25) is 0 Å². The Kier molecular flexibility index (Phi) is 4.33. The number of para-hydroxylation sites is 1. The second kappa shape index (κ2) is 6.95. The Morgan fingerprint density at radius 3 is 2.67 bits per heavy atom. The number of fused-ring (bicyclic) bond motifs is 1. The number of benzene rings is 2. The number of nitrogens with zero attached hydrogens (tertiary/aromatic N) is 3. The van der Waals surface area contributed by atoms with E-state index in [1.165, 1.54) is 15.6 Å². The van der Waals surface area contributed by atoms with Gasteiger partial charge in [-0.1, -0.05) is 18.2 Å². The average Bonchev–Trinajstić information content (AvgIpc) is 3.17. The number of hydrogen-bond donors (Lipinski definition) is 0. The molecule has 0 saturated carbocycles. The fourth-order valence-electron chi connectivity index (χ4n) is 2.80. The van der Waals surface area contributed by atoms with Crippen LogP contribution in [0.3, 0.4) is 0 Å². The molecule has 2 heterocycles. The fraction of sp³-hybridized carbons (Fsp3) is 0.150. The van der Waals surface area contributed by atoms with Crippen molar-refractivity contribution in [2.24, 2.45) is 0 Å². The molecule has 27 heavy (non-hydrogen) atoms. The largest absolute Gasteiger partial charge is 0.454 e. The maximum absolute atomic E-state index is 12.6. The molecule has 0 N–H and O–H groups in total. The van der Waals surface area contributed by atoms with Crippen LogP contribution in [0.4, 0.5) is 5.69 Å². The Labute approximate surface area is 155 Å². The Hall–Kier alpha value is -3.61. The lowest BCUT2D eigenvalue weighted by molar-refractivity contribution is -0.119. The smallest absolute Gasteiger partial charge is 0.267 e. The van der Waals surface area contributed by atoms with E-state index in [1.54, 1.807) is 25.2 Å². The zero-order valence-electron chi connectivity index (χ0n) is 14.7. The first-order chi connectivity index (χ1) is 13.1. The van der Waals surface area contributed by atoms with Gasteiger partial charge in [0.15, 0.2) is 11.5 Å². The minimum Gasteiger partial charge on any atom is -0.454 e. The predicted octanol–water partition coefficient (Wildman–Crippen LogP) is 2.30. The van der Waals surface area contributed by atoms with Gasteiger partial charge in [0.2, 0.25) is 12.7 Å². The second-order valence-corrected chi connectivity index (χ2v) is 6.07. The van der Waals surface area contributed by atoms with Crippen LogP contribution in [0.5, 0.6) is 11.5 Å². The molecule has 2 aromatic carbocycles. The number of carbonyl (C=O) groups excluding carboxylic acids is 1. The van der Waals surface area contributed by atoms with Crippen molar-refractivity contribution < 1.29 is 14.3 Å². The van der Waals surface area contributed by atoms with Crippen molar-refractivity contribution in [3.63, 3.8) is 0 Å². The molecule has 136 valence electrons. The number of rotatable bonds is 4. The highest BCUT2D eigenvalue weighted by molar-refractivity contribution is 5.92. The highest BCUT2D eigenvalue weighted by atomic mass is 16.7. The molecule has 1 aromatic heterocycles. The van der Waals surface area contributed by atoms with E-state index in [4.69, 9.17) is 9.47 Å². The van der Waals surface area contributed by atoms with Gasteiger partial charge in [-0.15, -0.1) is 0 Å². The van der Waals surface area contributed by atoms with Gasteiger partial charge in [-0.2, -0.15) is 5.10 Å². The van der Waals surface area contributed by atoms with Crippen LogP contribution >= 0.6 is 0 Å². The summed E-state index contributed by atoms with van der Waals surface area (Å²) < 4.78 is 11.9. The first-order valence-corrected chi connectivity index (χ1v) is 8.41. The number of anilines is 1. The summed E-state index contributed by atoms with van der Waals surface area (Å²) in [7, 11) is 1.67. The van der Waals surface area contributed by atoms with Gasteiger partial charge in [-0.3, -0.25) is 9.59 Å². The zero-order valence-corrected chi connectivity index (χ0v) is 14.7. The number of amides is 1. The summed E-state index contributed by atoms with van der Waals surface area (Å²) in [6.45, 7) is 0.0364. The van der Waals surface area contributed by atoms with Crippen molar-refractivity contribution in [3.8, 4) is 22.8 Å². The molecule has 0 saturated heterocycles. The molecule has 1 amide bonds. The van der Waals surface area contributed by atoms with E-state index in [0.717, 1.165) is 11.3 Å². The Balaban J connectivity index is 1.59. The number of ether oxygens (including phenoxy) is 2. The minimum absolute atomic E-state index is 0.150. The summed E-state index contributed by atoms with van der Waals surface area (Å²) in [4.78, 5) is 26.2. The third-order valence-electron chi connectivity index (χ3n) is 4.34. The molecule has 0 unspecified atom stereocenters. The number of likely N-dealkylation sites (N-methyl/N-ethyl adjacent to an activating group) is 1. The van der Waals surface area contributed by atoms with Crippen molar-refractivity contribution >= 4 is 11.6 Å². The van der Waals surface area contributed by atoms with E-state index in [0.29, 0.717) is 17.2 Å². The molecule has 0 bridgehead atoms. The van der Waals surface area contributed by atoms with Crippen molar-refractivity contribution in [2.75, 3.05) is 18.7 Å². The van der Waals surface area contributed by atoms with E-state index in [2.05, 4.69) is 5.10 Å². The normalized spacial score (nSPS) is 12.0. The van der Waals surface area contributed by atoms with Crippen LogP contribution in [0.15, 0.2) is 65.5 Å². The molecule has 3 aromatic rings. The molecule has 1 aliphatic heterocycles. The predicted molar refractivity (Wildman–Crippen MR) is 99.9 cm³/mol. The molecular formula is C20H17N3O4. The van der Waals surface area contributed by atoms with E-state index in [1.807, 2.05) is 36.4 Å². The number of hydrogen-bond acceptors (Lipinski definition) is 5. The van der Waals surface area contributed by atoms with Crippen LogP contribution in [0.25, 0.3) is 11.3 Å². The fourth-order valence-corrected chi connectivity index (χ4v) is 2.80. The summed E-state index contributed by atoms with van der Waals surface area (Å²) in [5.41, 5.74) is 1.76. The molecule has 7 nitrogen and oxygen atoms in total. The number of carbonyl (C=O) groups is 1. The second-order valence-electron chi connectivity index (χ2n) is 6.07. The SMILES string of the molecule is CN(C(=O)Cn1nc(-c2ccc3c(c2)OCO3)ccc1=O)c1ccccc1. The lowest BCUT2D eigenvalue weighted by Crippen LogP contribution is -2.34. The van der Waals surface area contributed by atoms with Gasteiger partial charge < -0.3 is 14.4 Å². The number of aromatic nitrogens is 2. The van der Waals surface area contributed by atoms with Gasteiger partial charge in [0.1, 0.15) is 6.54 Å². The highest BCUT2D eigenvalue weighted by Crippen LogP contribution is 2.35. The first kappa shape index (κ1) is 16.8. The average molecular weight is 363 g/mol. The third kappa shape index (κ3) is 3.39. The summed E-state index contributed by atoms with van der Waals surface area (Å²) in [6.07, 6.45) is 0. The summed E-state index contributed by atoms with van der Waals surface area (Å²) >= 11 is 0. The van der Waals surface area contributed by atoms with Crippen molar-refractivity contribution in [1.29, 1.82) is 0 Å². The Morgan fingerprint density at radius 1 is 1.07 bits per heavy atom. The van der Waals surface area contributed by atoms with Gasteiger partial charge in [-0.25, -0.2) is 4.68 Å². The quantitative estimate of drug-likeness (QED) is 0.711. The van der Waals surface area contributed by atoms with E-state index in [-0.39, 0.29) is 24.8 Å². The molecule has 7 heteroatoms. The summed E-state index contributed by atoms with van der Waals surface area (Å²) in [6, 6.07) is 17.7. The Morgan fingerprint density at radius 2 is 1.85 bits per heavy atom. The van der Waals surface area contributed by atoms with Crippen molar-refractivity contribution in [3.05, 3.63) is 71.0 Å². The lowest BCUT2D eigenvalue weighted by Gasteiger charge is -2.17. The molecule has 0 spiro atoms. The molecule has 4 rings (SSSR count). The van der Waals surface area contributed by atoms with Crippen molar-refractivity contribution in [1.82, 2.24) is 9.78 Å². The lowest BCUT2D eigenvalue weighted by atomic mass is 10.1. The molecular weight excluding hydrogens is 346 g/mol. The molecule has 0 atom stereocenters. The Bertz CT molecular complexity index is 1050. The van der Waals surface area contributed by atoms with Gasteiger partial charge >= 0.3 is 0 Å². The topological polar surface area (TPSA) is 73.7 Å². The molecule has 0 radical (unpaired) electrons. The standard InChI is InChI=1S/C20H17N3O4/c1-22(15-5-3-2-4-6-15)20(25)12-23-19(24)10-8-16(21-23)14-7-9-17-18(11-14)27-13-26-17/h2-11H,12-13H2,1H3. The molecule has 0 fully saturated rings. The van der Waals surface area contributed by atoms with Crippen LogP contribution in [0, 0.1) is 0 Å². The van der Waals surface area contributed by atoms with Gasteiger partial charge in [0.05, 0.1) is 5.69 Å². The van der Waals surface area contributed by atoms with Crippen LogP contribution < -0.4 is 19.9 Å². The first-order valence-electron chi connectivity index (χ1n) is 8.41. The molecule has 0 aliphatic carbocycles. The maximum atomic E-state index is 12.6. The van der Waals surface area contributed by atoms with E-state index < -0.39 is 0 Å². The maximum Gasteiger partial charge on any atom is 0.267 e.